The summed E-state index contributed by atoms with van der Waals surface area (Å²) in [7, 11) is 0. The van der Waals surface area contributed by atoms with E-state index in [1.807, 2.05) is 19.9 Å². The minimum atomic E-state index is 0. The van der Waals surface area contributed by atoms with Gasteiger partial charge in [0.2, 0.25) is 0 Å². The highest BCUT2D eigenvalue weighted by Crippen LogP contribution is 1.75. The van der Waals surface area contributed by atoms with E-state index in [1.54, 1.807) is 21.5 Å². The summed E-state index contributed by atoms with van der Waals surface area (Å²) in [6.45, 7) is 5.39. The predicted molar refractivity (Wildman–Crippen MR) is 42.2 cm³/mol. The van der Waals surface area contributed by atoms with Crippen LogP contribution in [0.15, 0.2) is 23.3 Å². The molecular formula is C8H13IN2O. The largest absolute Gasteiger partial charge is 1.00 e. The summed E-state index contributed by atoms with van der Waals surface area (Å²) >= 11 is 0. The molecule has 0 bridgehead atoms. The van der Waals surface area contributed by atoms with Crippen LogP contribution >= 0.6 is 0 Å². The zero-order valence-corrected chi connectivity index (χ0v) is 9.48. The fourth-order valence-corrected chi connectivity index (χ4v) is 1.02. The van der Waals surface area contributed by atoms with Crippen molar-refractivity contribution in [1.29, 1.82) is 0 Å². The smallest absolute Gasteiger partial charge is 0.497 e. The maximum Gasteiger partial charge on any atom is 0.497 e. The maximum absolute atomic E-state index is 11.4. The number of rotatable bonds is 2. The molecule has 1 rings (SSSR count). The van der Waals surface area contributed by atoms with E-state index < -0.39 is 0 Å². The lowest BCUT2D eigenvalue weighted by Crippen LogP contribution is -3.00. The molecule has 1 aromatic heterocycles. The highest BCUT2D eigenvalue weighted by atomic mass is 127. The standard InChI is InChI=1S/C8H13N2O.HI/c1-3-9-6-5-7-10(4-2)8(9)11;/h5-7H,3-4H2,1-2H3;1H/q+1;/p-1. The molecule has 0 aliphatic rings. The lowest BCUT2D eigenvalue weighted by molar-refractivity contribution is -0.712. The minimum absolute atomic E-state index is 0. The Morgan fingerprint density at radius 2 is 2.17 bits per heavy atom. The zero-order valence-electron chi connectivity index (χ0n) is 7.33. The number of aromatic nitrogens is 2. The van der Waals surface area contributed by atoms with Crippen LogP contribution < -0.4 is 34.2 Å². The first-order valence-electron chi connectivity index (χ1n) is 3.88. The molecule has 68 valence electrons. The van der Waals surface area contributed by atoms with Gasteiger partial charge in [0.25, 0.3) is 0 Å². The topological polar surface area (TPSA) is 25.9 Å². The molecule has 4 heteroatoms. The van der Waals surface area contributed by atoms with Crippen molar-refractivity contribution in [3.8, 4) is 0 Å². The molecule has 12 heavy (non-hydrogen) atoms. The molecule has 0 spiro atoms. The van der Waals surface area contributed by atoms with E-state index in [1.165, 1.54) is 0 Å². The van der Waals surface area contributed by atoms with Crippen LogP contribution in [0.1, 0.15) is 13.8 Å². The number of aryl methyl sites for hydroxylation is 2. The van der Waals surface area contributed by atoms with Gasteiger partial charge in [0.15, 0.2) is 0 Å². The van der Waals surface area contributed by atoms with E-state index >= 15 is 0 Å². The number of nitrogens with zero attached hydrogens (tertiary/aromatic N) is 2. The molecule has 0 fully saturated rings. The van der Waals surface area contributed by atoms with Crippen LogP contribution in [0.25, 0.3) is 0 Å². The van der Waals surface area contributed by atoms with E-state index in [0.29, 0.717) is 0 Å². The van der Waals surface area contributed by atoms with Crippen LogP contribution in [0.4, 0.5) is 0 Å². The summed E-state index contributed by atoms with van der Waals surface area (Å²) in [6, 6.07) is 1.88. The molecule has 3 nitrogen and oxygen atoms in total. The third-order valence-electron chi connectivity index (χ3n) is 1.70. The van der Waals surface area contributed by atoms with Crippen molar-refractivity contribution >= 4 is 0 Å². The van der Waals surface area contributed by atoms with Crippen LogP contribution in [0, 0.1) is 0 Å². The summed E-state index contributed by atoms with van der Waals surface area (Å²) < 4.78 is 3.37. The van der Waals surface area contributed by atoms with Crippen LogP contribution in [-0.2, 0) is 13.1 Å². The summed E-state index contributed by atoms with van der Waals surface area (Å²) in [5, 5.41) is 0. The Kier molecular flexibility index (Phi) is 5.12. The highest BCUT2D eigenvalue weighted by molar-refractivity contribution is 4.74. The normalized spacial score (nSPS) is 9.17. The third kappa shape index (κ3) is 2.30. The van der Waals surface area contributed by atoms with Gasteiger partial charge in [-0.05, 0) is 13.8 Å². The van der Waals surface area contributed by atoms with Gasteiger partial charge in [-0.2, -0.15) is 13.9 Å². The van der Waals surface area contributed by atoms with Gasteiger partial charge < -0.3 is 24.0 Å². The van der Waals surface area contributed by atoms with Crippen LogP contribution in [-0.4, -0.2) is 4.57 Å². The molecule has 0 atom stereocenters. The molecule has 1 aromatic rings. The van der Waals surface area contributed by atoms with Crippen molar-refractivity contribution in [2.45, 2.75) is 26.9 Å². The van der Waals surface area contributed by atoms with Gasteiger partial charge in [-0.15, -0.1) is 0 Å². The molecule has 0 radical (unpaired) electrons. The van der Waals surface area contributed by atoms with E-state index in [0.717, 1.165) is 13.1 Å². The first-order chi connectivity index (χ1) is 5.29. The lowest BCUT2D eigenvalue weighted by atomic mass is 10.5. The van der Waals surface area contributed by atoms with Gasteiger partial charge in [0.05, 0.1) is 25.5 Å². The first-order valence-corrected chi connectivity index (χ1v) is 3.88. The number of hydrogen-bond donors (Lipinski definition) is 0. The second-order valence-corrected chi connectivity index (χ2v) is 2.35. The SMILES string of the molecule is CCn1ccc[n+](CC)c1=O.[I-]. The molecule has 0 saturated heterocycles. The van der Waals surface area contributed by atoms with Gasteiger partial charge >= 0.3 is 5.69 Å². The quantitative estimate of drug-likeness (QED) is 0.424. The summed E-state index contributed by atoms with van der Waals surface area (Å²) in [4.78, 5) is 11.4. The van der Waals surface area contributed by atoms with Crippen molar-refractivity contribution in [3.63, 3.8) is 0 Å². The van der Waals surface area contributed by atoms with Crippen LogP contribution in [0.5, 0.6) is 0 Å². The van der Waals surface area contributed by atoms with Crippen LogP contribution in [0.3, 0.4) is 0 Å². The van der Waals surface area contributed by atoms with Crippen molar-refractivity contribution in [2.75, 3.05) is 0 Å². The third-order valence-corrected chi connectivity index (χ3v) is 1.70. The van der Waals surface area contributed by atoms with Crippen LogP contribution in [0.2, 0.25) is 0 Å². The first kappa shape index (κ1) is 11.6. The highest BCUT2D eigenvalue weighted by Gasteiger charge is 2.04. The molecule has 0 amide bonds. The maximum atomic E-state index is 11.4. The van der Waals surface area contributed by atoms with E-state index in [9.17, 15) is 4.79 Å². The fourth-order valence-electron chi connectivity index (χ4n) is 1.02. The molecule has 0 aromatic carbocycles. The summed E-state index contributed by atoms with van der Waals surface area (Å²) in [6.07, 6.45) is 3.60. The molecule has 0 aliphatic carbocycles. The molecule has 1 heterocycles. The average Bonchev–Trinajstić information content (AvgIpc) is 2.05. The lowest BCUT2D eigenvalue weighted by Gasteiger charge is -1.95. The Bertz CT molecular complexity index is 270. The Balaban J connectivity index is 0.00000121. The van der Waals surface area contributed by atoms with Gasteiger partial charge in [0.1, 0.15) is 0 Å². The zero-order chi connectivity index (χ0) is 8.27. The Morgan fingerprint density at radius 1 is 1.50 bits per heavy atom. The summed E-state index contributed by atoms with van der Waals surface area (Å²) in [5.41, 5.74) is 0.0671. The predicted octanol–water partition coefficient (Wildman–Crippen LogP) is -2.82. The second kappa shape index (κ2) is 5.29. The van der Waals surface area contributed by atoms with Gasteiger partial charge in [-0.25, -0.2) is 0 Å². The molecule has 0 aliphatic heterocycles. The Morgan fingerprint density at radius 3 is 2.67 bits per heavy atom. The monoisotopic (exact) mass is 280 g/mol. The van der Waals surface area contributed by atoms with E-state index in [4.69, 9.17) is 0 Å². The van der Waals surface area contributed by atoms with E-state index in [2.05, 4.69) is 0 Å². The van der Waals surface area contributed by atoms with Crippen molar-refractivity contribution in [2.24, 2.45) is 0 Å². The average molecular weight is 280 g/mol. The van der Waals surface area contributed by atoms with E-state index in [-0.39, 0.29) is 29.7 Å². The summed E-state index contributed by atoms with van der Waals surface area (Å²) in [5.74, 6) is 0. The second-order valence-electron chi connectivity index (χ2n) is 2.35. The van der Waals surface area contributed by atoms with Crippen molar-refractivity contribution < 1.29 is 28.5 Å². The molecule has 0 unspecified atom stereocenters. The Hall–Kier alpha value is -0.390. The van der Waals surface area contributed by atoms with Gasteiger partial charge in [0, 0.05) is 6.07 Å². The van der Waals surface area contributed by atoms with Crippen molar-refractivity contribution in [1.82, 2.24) is 4.57 Å². The molecule has 0 saturated carbocycles. The number of hydrogen-bond acceptors (Lipinski definition) is 1. The van der Waals surface area contributed by atoms with Crippen molar-refractivity contribution in [3.05, 3.63) is 28.9 Å². The fraction of sp³-hybridized carbons (Fsp3) is 0.500. The minimum Gasteiger partial charge on any atom is -1.00 e. The molecule has 0 N–H and O–H groups in total. The molecular weight excluding hydrogens is 267 g/mol. The van der Waals surface area contributed by atoms with Gasteiger partial charge in [-0.1, -0.05) is 0 Å². The van der Waals surface area contributed by atoms with Gasteiger partial charge in [-0.3, -0.25) is 0 Å². The Labute approximate surface area is 89.1 Å². The number of halogens is 1.